The molecule has 0 saturated heterocycles. The molecular formula is C17H21N5O2. The highest BCUT2D eigenvalue weighted by Gasteiger charge is 2.11. The molecule has 1 amide bonds. The van der Waals surface area contributed by atoms with Gasteiger partial charge in [0.1, 0.15) is 5.69 Å². The van der Waals surface area contributed by atoms with Gasteiger partial charge in [-0.05, 0) is 24.6 Å². The van der Waals surface area contributed by atoms with E-state index >= 15 is 0 Å². The fraction of sp³-hybridized carbons (Fsp3) is 0.353. The third kappa shape index (κ3) is 3.80. The number of carbonyl (C=O) groups excluding carboxylic acids is 1. The summed E-state index contributed by atoms with van der Waals surface area (Å²) in [6.45, 7) is 4.33. The molecule has 7 heteroatoms. The number of imidazole rings is 1. The average molecular weight is 327 g/mol. The summed E-state index contributed by atoms with van der Waals surface area (Å²) in [7, 11) is 0. The lowest BCUT2D eigenvalue weighted by atomic mass is 10.3. The number of aromatic amines is 1. The number of rotatable bonds is 8. The van der Waals surface area contributed by atoms with Crippen molar-refractivity contribution in [1.29, 1.82) is 0 Å². The van der Waals surface area contributed by atoms with E-state index < -0.39 is 0 Å². The molecule has 0 bridgehead atoms. The van der Waals surface area contributed by atoms with E-state index in [0.717, 1.165) is 23.1 Å². The van der Waals surface area contributed by atoms with E-state index in [1.54, 1.807) is 12.4 Å². The van der Waals surface area contributed by atoms with Gasteiger partial charge < -0.3 is 14.6 Å². The van der Waals surface area contributed by atoms with Crippen LogP contribution >= 0.6 is 0 Å². The van der Waals surface area contributed by atoms with Gasteiger partial charge in [-0.25, -0.2) is 4.98 Å². The van der Waals surface area contributed by atoms with Gasteiger partial charge in [-0.3, -0.25) is 9.89 Å². The highest BCUT2D eigenvalue weighted by atomic mass is 16.5. The third-order valence-electron chi connectivity index (χ3n) is 3.61. The van der Waals surface area contributed by atoms with E-state index in [2.05, 4.69) is 20.5 Å². The van der Waals surface area contributed by atoms with Crippen LogP contribution in [0.5, 0.6) is 0 Å². The van der Waals surface area contributed by atoms with Crippen LogP contribution in [-0.2, 0) is 11.3 Å². The fourth-order valence-electron chi connectivity index (χ4n) is 2.45. The minimum absolute atomic E-state index is 0.201. The van der Waals surface area contributed by atoms with Crippen LogP contribution in [0.1, 0.15) is 29.5 Å². The van der Waals surface area contributed by atoms with Gasteiger partial charge in [0.15, 0.2) is 0 Å². The van der Waals surface area contributed by atoms with Crippen molar-refractivity contribution in [1.82, 2.24) is 25.1 Å². The van der Waals surface area contributed by atoms with Gasteiger partial charge in [-0.15, -0.1) is 0 Å². The second kappa shape index (κ2) is 7.74. The Balaban J connectivity index is 1.58. The van der Waals surface area contributed by atoms with E-state index in [1.165, 1.54) is 0 Å². The molecule has 0 fully saturated rings. The lowest BCUT2D eigenvalue weighted by Gasteiger charge is -2.03. The van der Waals surface area contributed by atoms with Crippen LogP contribution in [-0.4, -0.2) is 45.4 Å². The van der Waals surface area contributed by atoms with Crippen LogP contribution in [0.4, 0.5) is 0 Å². The maximum atomic E-state index is 12.0. The summed E-state index contributed by atoms with van der Waals surface area (Å²) in [5, 5.41) is 9.78. The molecule has 1 aromatic carbocycles. The smallest absolute Gasteiger partial charge is 0.271 e. The summed E-state index contributed by atoms with van der Waals surface area (Å²) < 4.78 is 7.35. The number of carbonyl (C=O) groups is 1. The first-order chi connectivity index (χ1) is 11.8. The number of nitrogens with one attached hydrogen (secondary N) is 2. The zero-order valence-corrected chi connectivity index (χ0v) is 13.7. The Kier molecular flexibility index (Phi) is 5.22. The van der Waals surface area contributed by atoms with Crippen molar-refractivity contribution >= 4 is 16.9 Å². The van der Waals surface area contributed by atoms with Crippen molar-refractivity contribution in [3.8, 4) is 0 Å². The second-order valence-electron chi connectivity index (χ2n) is 5.51. The number of aromatic nitrogens is 4. The molecule has 0 radical (unpaired) electrons. The van der Waals surface area contributed by atoms with Gasteiger partial charge in [0.2, 0.25) is 0 Å². The van der Waals surface area contributed by atoms with Crippen LogP contribution < -0.4 is 5.32 Å². The molecule has 126 valence electrons. The Morgan fingerprint density at radius 2 is 2.21 bits per heavy atom. The predicted octanol–water partition coefficient (Wildman–Crippen LogP) is 1.96. The van der Waals surface area contributed by atoms with Crippen molar-refractivity contribution in [2.24, 2.45) is 0 Å². The Hall–Kier alpha value is -2.67. The molecule has 0 aliphatic carbocycles. The summed E-state index contributed by atoms with van der Waals surface area (Å²) in [5.74, 6) is -0.201. The molecule has 24 heavy (non-hydrogen) atoms. The monoisotopic (exact) mass is 327 g/mol. The first-order valence-electron chi connectivity index (χ1n) is 8.08. The number of para-hydroxylation sites is 2. The van der Waals surface area contributed by atoms with E-state index in [9.17, 15) is 4.79 Å². The summed E-state index contributed by atoms with van der Waals surface area (Å²) >= 11 is 0. The first kappa shape index (κ1) is 16.2. The number of hydrogen-bond donors (Lipinski definition) is 2. The third-order valence-corrected chi connectivity index (χ3v) is 3.61. The van der Waals surface area contributed by atoms with Crippen molar-refractivity contribution < 1.29 is 9.53 Å². The molecule has 2 aromatic heterocycles. The molecule has 2 heterocycles. The summed E-state index contributed by atoms with van der Waals surface area (Å²) in [5.41, 5.74) is 3.23. The summed E-state index contributed by atoms with van der Waals surface area (Å²) in [6, 6.07) is 9.69. The number of benzene rings is 1. The number of nitrogens with zero attached hydrogens (tertiary/aromatic N) is 3. The normalized spacial score (nSPS) is 11.0. The number of H-pyrrole nitrogens is 1. The largest absolute Gasteiger partial charge is 0.380 e. The van der Waals surface area contributed by atoms with Crippen molar-refractivity contribution in [3.05, 3.63) is 48.0 Å². The standard InChI is InChI=1S/C17H21N5O2/c1-2-8-24-9-7-18-17(23)15-10-13(20-21-15)11-22-12-19-14-5-3-4-6-16(14)22/h3-6,10,12H,2,7-9,11H2,1H3,(H,18,23)(H,20,21). The molecule has 3 aromatic rings. The molecule has 7 nitrogen and oxygen atoms in total. The van der Waals surface area contributed by atoms with Gasteiger partial charge >= 0.3 is 0 Å². The number of hydrogen-bond acceptors (Lipinski definition) is 4. The Labute approximate surface area is 140 Å². The molecule has 0 unspecified atom stereocenters. The molecule has 2 N–H and O–H groups in total. The Morgan fingerprint density at radius 3 is 3.08 bits per heavy atom. The summed E-state index contributed by atoms with van der Waals surface area (Å²) in [6.07, 6.45) is 2.76. The van der Waals surface area contributed by atoms with Crippen LogP contribution in [0.25, 0.3) is 11.0 Å². The van der Waals surface area contributed by atoms with Crippen molar-refractivity contribution in [3.63, 3.8) is 0 Å². The van der Waals surface area contributed by atoms with E-state index in [0.29, 0.717) is 32.0 Å². The van der Waals surface area contributed by atoms with Crippen molar-refractivity contribution in [2.75, 3.05) is 19.8 Å². The van der Waals surface area contributed by atoms with Crippen LogP contribution in [0, 0.1) is 0 Å². The van der Waals surface area contributed by atoms with Crippen molar-refractivity contribution in [2.45, 2.75) is 19.9 Å². The van der Waals surface area contributed by atoms with Gasteiger partial charge in [0.05, 0.1) is 36.2 Å². The molecule has 0 saturated carbocycles. The molecular weight excluding hydrogens is 306 g/mol. The molecule has 0 aliphatic heterocycles. The maximum absolute atomic E-state index is 12.0. The lowest BCUT2D eigenvalue weighted by Crippen LogP contribution is -2.27. The summed E-state index contributed by atoms with van der Waals surface area (Å²) in [4.78, 5) is 16.4. The highest BCUT2D eigenvalue weighted by Crippen LogP contribution is 2.13. The highest BCUT2D eigenvalue weighted by molar-refractivity contribution is 5.92. The predicted molar refractivity (Wildman–Crippen MR) is 90.9 cm³/mol. The zero-order chi connectivity index (χ0) is 16.8. The average Bonchev–Trinajstić information content (AvgIpc) is 3.23. The SMILES string of the molecule is CCCOCCNC(=O)c1cc(Cn2cnc3ccccc32)[nH]n1. The maximum Gasteiger partial charge on any atom is 0.271 e. The van der Waals surface area contributed by atoms with Gasteiger partial charge in [0.25, 0.3) is 5.91 Å². The number of fused-ring (bicyclic) bond motifs is 1. The van der Waals surface area contributed by atoms with Crippen LogP contribution in [0.15, 0.2) is 36.7 Å². The Morgan fingerprint density at radius 1 is 1.33 bits per heavy atom. The van der Waals surface area contributed by atoms with E-state index in [1.807, 2.05) is 35.8 Å². The van der Waals surface area contributed by atoms with Gasteiger partial charge in [0, 0.05) is 13.2 Å². The fourth-order valence-corrected chi connectivity index (χ4v) is 2.45. The minimum atomic E-state index is -0.201. The minimum Gasteiger partial charge on any atom is -0.380 e. The number of amides is 1. The van der Waals surface area contributed by atoms with E-state index in [-0.39, 0.29) is 5.91 Å². The quantitative estimate of drug-likeness (QED) is 0.619. The van der Waals surface area contributed by atoms with E-state index in [4.69, 9.17) is 4.74 Å². The van der Waals surface area contributed by atoms with Crippen LogP contribution in [0.2, 0.25) is 0 Å². The van der Waals surface area contributed by atoms with Gasteiger partial charge in [-0.1, -0.05) is 19.1 Å². The molecule has 0 aliphatic rings. The first-order valence-corrected chi connectivity index (χ1v) is 8.08. The number of ether oxygens (including phenoxy) is 1. The Bertz CT molecular complexity index is 808. The second-order valence-corrected chi connectivity index (χ2v) is 5.51. The topological polar surface area (TPSA) is 84.8 Å². The molecule has 3 rings (SSSR count). The lowest BCUT2D eigenvalue weighted by molar-refractivity contribution is 0.0910. The molecule has 0 atom stereocenters. The molecule has 0 spiro atoms. The van der Waals surface area contributed by atoms with Crippen LogP contribution in [0.3, 0.4) is 0 Å². The van der Waals surface area contributed by atoms with Gasteiger partial charge in [-0.2, -0.15) is 5.10 Å². The zero-order valence-electron chi connectivity index (χ0n) is 13.7.